The van der Waals surface area contributed by atoms with Gasteiger partial charge in [0.25, 0.3) is 0 Å². The van der Waals surface area contributed by atoms with Gasteiger partial charge in [0.1, 0.15) is 0 Å². The first-order valence-electron chi connectivity index (χ1n) is 4.73. The minimum absolute atomic E-state index is 0.470. The van der Waals surface area contributed by atoms with Crippen molar-refractivity contribution in [2.45, 2.75) is 38.3 Å². The summed E-state index contributed by atoms with van der Waals surface area (Å²) >= 11 is 0. The average Bonchev–Trinajstić information content (AvgIpc) is 2.06. The molecule has 68 valence electrons. The van der Waals surface area contributed by atoms with Gasteiger partial charge in [0.05, 0.1) is 0 Å². The van der Waals surface area contributed by atoms with Crippen LogP contribution < -0.4 is 10.6 Å². The van der Waals surface area contributed by atoms with Crippen LogP contribution in [0.4, 0.5) is 0 Å². The maximum absolute atomic E-state index is 5.23. The molecule has 12 heavy (non-hydrogen) atoms. The van der Waals surface area contributed by atoms with E-state index in [1.165, 1.54) is 12.8 Å². The van der Waals surface area contributed by atoms with Crippen LogP contribution in [0.2, 0.25) is 0 Å². The minimum Gasteiger partial charge on any atom is -0.317 e. The van der Waals surface area contributed by atoms with Crippen LogP contribution in [-0.4, -0.2) is 25.2 Å². The van der Waals surface area contributed by atoms with Gasteiger partial charge in [0, 0.05) is 18.5 Å². The predicted octanol–water partition coefficient (Wildman–Crippen LogP) is 0.740. The minimum atomic E-state index is 0.470. The number of rotatable bonds is 3. The first kappa shape index (κ1) is 9.57. The van der Waals surface area contributed by atoms with Crippen molar-refractivity contribution in [3.05, 3.63) is 0 Å². The van der Waals surface area contributed by atoms with Gasteiger partial charge in [-0.05, 0) is 32.9 Å². The third-order valence-electron chi connectivity index (χ3n) is 2.28. The molecule has 0 aliphatic carbocycles. The monoisotopic (exact) mass is 166 g/mol. The fourth-order valence-electron chi connectivity index (χ4n) is 1.63. The van der Waals surface area contributed by atoms with Crippen molar-refractivity contribution in [3.8, 4) is 12.3 Å². The highest BCUT2D eigenvalue weighted by atomic mass is 15.0. The van der Waals surface area contributed by atoms with Crippen LogP contribution in [-0.2, 0) is 0 Å². The van der Waals surface area contributed by atoms with Crippen LogP contribution in [0, 0.1) is 12.3 Å². The summed E-state index contributed by atoms with van der Waals surface area (Å²) in [5.74, 6) is 2.68. The van der Waals surface area contributed by atoms with E-state index in [0.29, 0.717) is 12.1 Å². The van der Waals surface area contributed by atoms with Crippen molar-refractivity contribution in [2.75, 3.05) is 13.1 Å². The van der Waals surface area contributed by atoms with Crippen LogP contribution >= 0.6 is 0 Å². The van der Waals surface area contributed by atoms with E-state index >= 15 is 0 Å². The summed E-state index contributed by atoms with van der Waals surface area (Å²) in [5, 5.41) is 6.88. The molecule has 0 aromatic heterocycles. The second-order valence-corrected chi connectivity index (χ2v) is 3.50. The largest absolute Gasteiger partial charge is 0.317 e. The maximum Gasteiger partial charge on any atom is 0.0238 e. The summed E-state index contributed by atoms with van der Waals surface area (Å²) in [6, 6.07) is 1.15. The van der Waals surface area contributed by atoms with E-state index in [1.54, 1.807) is 0 Å². The molecule has 1 saturated heterocycles. The molecule has 2 N–H and O–H groups in total. The van der Waals surface area contributed by atoms with E-state index in [4.69, 9.17) is 6.42 Å². The summed E-state index contributed by atoms with van der Waals surface area (Å²) < 4.78 is 0. The summed E-state index contributed by atoms with van der Waals surface area (Å²) in [7, 11) is 0. The molecule has 1 fully saturated rings. The van der Waals surface area contributed by atoms with Crippen LogP contribution in [0.3, 0.4) is 0 Å². The Kier molecular flexibility index (Phi) is 4.13. The molecular formula is C10H18N2. The zero-order valence-corrected chi connectivity index (χ0v) is 7.77. The average molecular weight is 166 g/mol. The van der Waals surface area contributed by atoms with Gasteiger partial charge in [0.15, 0.2) is 0 Å². The fourth-order valence-corrected chi connectivity index (χ4v) is 1.63. The van der Waals surface area contributed by atoms with Crippen molar-refractivity contribution in [1.82, 2.24) is 10.6 Å². The molecule has 0 aromatic rings. The van der Waals surface area contributed by atoms with Gasteiger partial charge in [-0.3, -0.25) is 0 Å². The second kappa shape index (κ2) is 5.18. The molecular weight excluding hydrogens is 148 g/mol. The molecule has 2 nitrogen and oxygen atoms in total. The molecule has 0 radical (unpaired) electrons. The van der Waals surface area contributed by atoms with Crippen LogP contribution in [0.1, 0.15) is 26.2 Å². The fraction of sp³-hybridized carbons (Fsp3) is 0.800. The van der Waals surface area contributed by atoms with Gasteiger partial charge in [-0.15, -0.1) is 12.3 Å². The van der Waals surface area contributed by atoms with Gasteiger partial charge in [-0.1, -0.05) is 0 Å². The van der Waals surface area contributed by atoms with Crippen molar-refractivity contribution < 1.29 is 0 Å². The molecule has 1 aliphatic heterocycles. The Balaban J connectivity index is 2.16. The van der Waals surface area contributed by atoms with E-state index in [9.17, 15) is 0 Å². The molecule has 0 amide bonds. The van der Waals surface area contributed by atoms with Crippen LogP contribution in [0.15, 0.2) is 0 Å². The van der Waals surface area contributed by atoms with E-state index in [0.717, 1.165) is 19.5 Å². The lowest BCUT2D eigenvalue weighted by molar-refractivity contribution is 0.358. The van der Waals surface area contributed by atoms with Gasteiger partial charge < -0.3 is 10.6 Å². The molecule has 0 bridgehead atoms. The quantitative estimate of drug-likeness (QED) is 0.604. The van der Waals surface area contributed by atoms with Crippen molar-refractivity contribution in [2.24, 2.45) is 0 Å². The zero-order valence-electron chi connectivity index (χ0n) is 7.77. The lowest BCUT2D eigenvalue weighted by Crippen LogP contribution is -2.43. The van der Waals surface area contributed by atoms with Gasteiger partial charge >= 0.3 is 0 Å². The third kappa shape index (κ3) is 3.25. The van der Waals surface area contributed by atoms with Crippen LogP contribution in [0.25, 0.3) is 0 Å². The molecule has 1 rings (SSSR count). The highest BCUT2D eigenvalue weighted by Crippen LogP contribution is 2.03. The Morgan fingerprint density at radius 2 is 2.25 bits per heavy atom. The van der Waals surface area contributed by atoms with E-state index in [-0.39, 0.29) is 0 Å². The maximum atomic E-state index is 5.23. The lowest BCUT2D eigenvalue weighted by Gasteiger charge is -2.26. The third-order valence-corrected chi connectivity index (χ3v) is 2.28. The Labute approximate surface area is 75.1 Å². The van der Waals surface area contributed by atoms with Crippen molar-refractivity contribution in [1.29, 1.82) is 0 Å². The van der Waals surface area contributed by atoms with E-state index in [2.05, 4.69) is 23.5 Å². The second-order valence-electron chi connectivity index (χ2n) is 3.50. The molecule has 0 aromatic carbocycles. The molecule has 1 aliphatic rings. The highest BCUT2D eigenvalue weighted by Gasteiger charge is 2.13. The molecule has 0 saturated carbocycles. The molecule has 0 spiro atoms. The zero-order chi connectivity index (χ0) is 8.81. The van der Waals surface area contributed by atoms with E-state index < -0.39 is 0 Å². The molecule has 1 atom stereocenters. The number of hydrogen-bond acceptors (Lipinski definition) is 2. The molecule has 1 unspecified atom stereocenters. The molecule has 1 heterocycles. The van der Waals surface area contributed by atoms with Gasteiger partial charge in [-0.25, -0.2) is 0 Å². The van der Waals surface area contributed by atoms with E-state index in [1.807, 2.05) is 0 Å². The highest BCUT2D eigenvalue weighted by molar-refractivity contribution is 4.89. The van der Waals surface area contributed by atoms with Crippen molar-refractivity contribution >= 4 is 0 Å². The van der Waals surface area contributed by atoms with Crippen LogP contribution in [0.5, 0.6) is 0 Å². The first-order chi connectivity index (χ1) is 5.83. The standard InChI is InChI=1S/C10H18N2/c1-3-4-9(2)12-10-5-7-11-8-6-10/h1,9-12H,4-8H2,2H3. The van der Waals surface area contributed by atoms with Crippen molar-refractivity contribution in [3.63, 3.8) is 0 Å². The first-order valence-corrected chi connectivity index (χ1v) is 4.73. The number of terminal acetylenes is 1. The number of hydrogen-bond donors (Lipinski definition) is 2. The predicted molar refractivity (Wildman–Crippen MR) is 51.9 cm³/mol. The SMILES string of the molecule is C#CCC(C)NC1CCNCC1. The summed E-state index contributed by atoms with van der Waals surface area (Å²) in [5.41, 5.74) is 0. The lowest BCUT2D eigenvalue weighted by atomic mass is 10.1. The Morgan fingerprint density at radius 1 is 1.58 bits per heavy atom. The number of piperidine rings is 1. The topological polar surface area (TPSA) is 24.1 Å². The molecule has 2 heteroatoms. The summed E-state index contributed by atoms with van der Waals surface area (Å²) in [4.78, 5) is 0. The summed E-state index contributed by atoms with van der Waals surface area (Å²) in [6.07, 6.45) is 8.53. The Morgan fingerprint density at radius 3 is 2.83 bits per heavy atom. The summed E-state index contributed by atoms with van der Waals surface area (Å²) in [6.45, 7) is 4.43. The van der Waals surface area contributed by atoms with Gasteiger partial charge in [0.2, 0.25) is 0 Å². The van der Waals surface area contributed by atoms with Gasteiger partial charge in [-0.2, -0.15) is 0 Å². The Hall–Kier alpha value is -0.520. The Bertz CT molecular complexity index is 154. The number of nitrogens with one attached hydrogen (secondary N) is 2. The smallest absolute Gasteiger partial charge is 0.0238 e. The normalized spacial score (nSPS) is 21.7.